The van der Waals surface area contributed by atoms with Gasteiger partial charge in [-0.25, -0.2) is 0 Å². The van der Waals surface area contributed by atoms with E-state index in [1.165, 1.54) is 0 Å². The predicted molar refractivity (Wildman–Crippen MR) is 72.2 cm³/mol. The second-order valence-electron chi connectivity index (χ2n) is 4.37. The van der Waals surface area contributed by atoms with Crippen LogP contribution in [0.15, 0.2) is 18.2 Å². The lowest BCUT2D eigenvalue weighted by atomic mass is 9.86. The van der Waals surface area contributed by atoms with Crippen LogP contribution in [0.3, 0.4) is 0 Å². The third kappa shape index (κ3) is 3.00. The average Bonchev–Trinajstić information content (AvgIpc) is 2.38. The van der Waals surface area contributed by atoms with Crippen LogP contribution in [0.5, 0.6) is 0 Å². The Morgan fingerprint density at radius 3 is 2.78 bits per heavy atom. The highest BCUT2D eigenvalue weighted by molar-refractivity contribution is 6.31. The largest absolute Gasteiger partial charge is 0.329 e. The lowest BCUT2D eigenvalue weighted by molar-refractivity contribution is -0.124. The molecule has 18 heavy (non-hydrogen) atoms. The van der Waals surface area contributed by atoms with E-state index in [1.807, 2.05) is 13.0 Å². The third-order valence-electron chi connectivity index (χ3n) is 3.13. The van der Waals surface area contributed by atoms with Gasteiger partial charge in [0.1, 0.15) is 6.07 Å². The molecule has 1 rings (SSSR count). The molecule has 0 fully saturated rings. The summed E-state index contributed by atoms with van der Waals surface area (Å²) in [7, 11) is 0. The van der Waals surface area contributed by atoms with E-state index < -0.39 is 5.41 Å². The SMILES string of the molecule is CCC(C)(CN)C(=O)Nc1cc(Cl)ccc1C#N. The maximum atomic E-state index is 12.1. The molecule has 0 aliphatic carbocycles. The summed E-state index contributed by atoms with van der Waals surface area (Å²) in [6.45, 7) is 3.94. The van der Waals surface area contributed by atoms with Gasteiger partial charge >= 0.3 is 0 Å². The molecule has 1 unspecified atom stereocenters. The number of halogens is 1. The van der Waals surface area contributed by atoms with Crippen molar-refractivity contribution in [2.24, 2.45) is 11.1 Å². The standard InChI is InChI=1S/C13H16ClN3O/c1-3-13(2,8-16)12(18)17-11-6-10(14)5-4-9(11)7-15/h4-6H,3,8,16H2,1-2H3,(H,17,18). The molecular weight excluding hydrogens is 250 g/mol. The first kappa shape index (κ1) is 14.5. The normalized spacial score (nSPS) is 13.5. The minimum absolute atomic E-state index is 0.203. The van der Waals surface area contributed by atoms with E-state index >= 15 is 0 Å². The Labute approximate surface area is 112 Å². The molecule has 0 radical (unpaired) electrons. The van der Waals surface area contributed by atoms with Gasteiger partial charge in [-0.05, 0) is 31.5 Å². The van der Waals surface area contributed by atoms with E-state index in [4.69, 9.17) is 22.6 Å². The van der Waals surface area contributed by atoms with E-state index in [2.05, 4.69) is 5.32 Å². The van der Waals surface area contributed by atoms with Gasteiger partial charge in [0.15, 0.2) is 0 Å². The first-order valence-electron chi connectivity index (χ1n) is 5.68. The molecule has 0 bridgehead atoms. The van der Waals surface area contributed by atoms with Gasteiger partial charge in [0.2, 0.25) is 5.91 Å². The highest BCUT2D eigenvalue weighted by Crippen LogP contribution is 2.25. The Morgan fingerprint density at radius 2 is 2.28 bits per heavy atom. The van der Waals surface area contributed by atoms with Crippen molar-refractivity contribution in [3.05, 3.63) is 28.8 Å². The summed E-state index contributed by atoms with van der Waals surface area (Å²) in [5.74, 6) is -0.203. The molecule has 1 amide bonds. The number of rotatable bonds is 4. The molecule has 3 N–H and O–H groups in total. The number of hydrogen-bond acceptors (Lipinski definition) is 3. The summed E-state index contributed by atoms with van der Waals surface area (Å²) in [4.78, 5) is 12.1. The van der Waals surface area contributed by atoms with Crippen LogP contribution in [0.25, 0.3) is 0 Å². The van der Waals surface area contributed by atoms with Gasteiger partial charge in [-0.1, -0.05) is 18.5 Å². The van der Waals surface area contributed by atoms with Crippen molar-refractivity contribution in [2.75, 3.05) is 11.9 Å². The zero-order valence-corrected chi connectivity index (χ0v) is 11.2. The maximum Gasteiger partial charge on any atom is 0.231 e. The second-order valence-corrected chi connectivity index (χ2v) is 4.81. The van der Waals surface area contributed by atoms with E-state index in [9.17, 15) is 4.79 Å². The van der Waals surface area contributed by atoms with E-state index in [0.717, 1.165) is 0 Å². The van der Waals surface area contributed by atoms with E-state index in [-0.39, 0.29) is 12.5 Å². The van der Waals surface area contributed by atoms with Crippen LogP contribution < -0.4 is 11.1 Å². The number of nitrogens with two attached hydrogens (primary N) is 1. The first-order chi connectivity index (χ1) is 8.46. The van der Waals surface area contributed by atoms with Crippen LogP contribution in [-0.2, 0) is 4.79 Å². The molecule has 4 nitrogen and oxygen atoms in total. The highest BCUT2D eigenvalue weighted by atomic mass is 35.5. The number of anilines is 1. The number of nitriles is 1. The fourth-order valence-electron chi connectivity index (χ4n) is 1.39. The Hall–Kier alpha value is -1.57. The molecule has 0 aliphatic heterocycles. The van der Waals surface area contributed by atoms with Crippen molar-refractivity contribution in [3.63, 3.8) is 0 Å². The summed E-state index contributed by atoms with van der Waals surface area (Å²) in [5.41, 5.74) is 5.77. The van der Waals surface area contributed by atoms with Crippen molar-refractivity contribution >= 4 is 23.2 Å². The van der Waals surface area contributed by atoms with Gasteiger partial charge in [-0.3, -0.25) is 4.79 Å². The Bertz CT molecular complexity index is 489. The monoisotopic (exact) mass is 265 g/mol. The minimum Gasteiger partial charge on any atom is -0.329 e. The number of hydrogen-bond donors (Lipinski definition) is 2. The minimum atomic E-state index is -0.644. The molecule has 0 aliphatic rings. The zero-order valence-electron chi connectivity index (χ0n) is 10.5. The molecule has 5 heteroatoms. The van der Waals surface area contributed by atoms with Crippen LogP contribution in [0.4, 0.5) is 5.69 Å². The van der Waals surface area contributed by atoms with Gasteiger partial charge in [0.25, 0.3) is 0 Å². The summed E-state index contributed by atoms with van der Waals surface area (Å²) >= 11 is 5.85. The summed E-state index contributed by atoms with van der Waals surface area (Å²) < 4.78 is 0. The predicted octanol–water partition coefficient (Wildman–Crippen LogP) is 2.53. The highest BCUT2D eigenvalue weighted by Gasteiger charge is 2.30. The fraction of sp³-hybridized carbons (Fsp3) is 0.385. The molecular formula is C13H16ClN3O. The molecule has 0 spiro atoms. The van der Waals surface area contributed by atoms with Gasteiger partial charge in [-0.15, -0.1) is 0 Å². The lowest BCUT2D eigenvalue weighted by Crippen LogP contribution is -2.39. The molecule has 1 atom stereocenters. The average molecular weight is 266 g/mol. The number of nitrogens with zero attached hydrogens (tertiary/aromatic N) is 1. The number of amides is 1. The van der Waals surface area contributed by atoms with Crippen LogP contribution in [-0.4, -0.2) is 12.5 Å². The number of carbonyl (C=O) groups is 1. The Balaban J connectivity index is 3.02. The first-order valence-corrected chi connectivity index (χ1v) is 6.06. The smallest absolute Gasteiger partial charge is 0.231 e. The van der Waals surface area contributed by atoms with Crippen molar-refractivity contribution in [1.82, 2.24) is 0 Å². The topological polar surface area (TPSA) is 78.9 Å². The molecule has 0 heterocycles. The van der Waals surface area contributed by atoms with Crippen molar-refractivity contribution in [2.45, 2.75) is 20.3 Å². The van der Waals surface area contributed by atoms with Crippen LogP contribution >= 0.6 is 11.6 Å². The fourth-order valence-corrected chi connectivity index (χ4v) is 1.56. The quantitative estimate of drug-likeness (QED) is 0.878. The number of carbonyl (C=O) groups excluding carboxylic acids is 1. The van der Waals surface area contributed by atoms with Gasteiger partial charge < -0.3 is 11.1 Å². The van der Waals surface area contributed by atoms with Crippen molar-refractivity contribution < 1.29 is 4.79 Å². The Morgan fingerprint density at radius 1 is 1.61 bits per heavy atom. The van der Waals surface area contributed by atoms with Crippen molar-refractivity contribution in [3.8, 4) is 6.07 Å². The maximum absolute atomic E-state index is 12.1. The van der Waals surface area contributed by atoms with Gasteiger partial charge in [0.05, 0.1) is 16.7 Å². The summed E-state index contributed by atoms with van der Waals surface area (Å²) in [6, 6.07) is 6.75. The molecule has 1 aromatic carbocycles. The summed E-state index contributed by atoms with van der Waals surface area (Å²) in [5, 5.41) is 12.2. The van der Waals surface area contributed by atoms with Crippen LogP contribution in [0.1, 0.15) is 25.8 Å². The van der Waals surface area contributed by atoms with Gasteiger partial charge in [0, 0.05) is 11.6 Å². The molecule has 0 aromatic heterocycles. The number of benzene rings is 1. The van der Waals surface area contributed by atoms with Crippen LogP contribution in [0, 0.1) is 16.7 Å². The molecule has 1 aromatic rings. The van der Waals surface area contributed by atoms with Gasteiger partial charge in [-0.2, -0.15) is 5.26 Å². The zero-order chi connectivity index (χ0) is 13.8. The molecule has 96 valence electrons. The second kappa shape index (κ2) is 5.85. The lowest BCUT2D eigenvalue weighted by Gasteiger charge is -2.25. The van der Waals surface area contributed by atoms with E-state index in [0.29, 0.717) is 22.7 Å². The van der Waals surface area contributed by atoms with Crippen molar-refractivity contribution in [1.29, 1.82) is 5.26 Å². The van der Waals surface area contributed by atoms with E-state index in [1.54, 1.807) is 25.1 Å². The summed E-state index contributed by atoms with van der Waals surface area (Å²) in [6.07, 6.45) is 0.623. The third-order valence-corrected chi connectivity index (χ3v) is 3.36. The Kier molecular flexibility index (Phi) is 4.71. The number of nitrogens with one attached hydrogen (secondary N) is 1. The molecule has 0 saturated carbocycles. The van der Waals surface area contributed by atoms with Crippen LogP contribution in [0.2, 0.25) is 5.02 Å². The molecule has 0 saturated heterocycles.